The molecule has 2 N–H and O–H groups in total. The first kappa shape index (κ1) is 14.7. The first-order chi connectivity index (χ1) is 8.47. The van der Waals surface area contributed by atoms with Gasteiger partial charge in [-0.1, -0.05) is 25.9 Å². The van der Waals surface area contributed by atoms with E-state index in [4.69, 9.17) is 4.52 Å². The van der Waals surface area contributed by atoms with Crippen molar-refractivity contribution >= 4 is 5.91 Å². The van der Waals surface area contributed by atoms with Gasteiger partial charge in [-0.3, -0.25) is 4.79 Å². The van der Waals surface area contributed by atoms with E-state index in [1.165, 1.54) is 0 Å². The molecule has 0 saturated carbocycles. The molecule has 1 heterocycles. The number of carbonyl (C=O) groups is 1. The molecule has 0 aliphatic rings. The number of rotatable bonds is 6. The Morgan fingerprint density at radius 2 is 2.17 bits per heavy atom. The zero-order chi connectivity index (χ0) is 13.7. The van der Waals surface area contributed by atoms with E-state index in [0.29, 0.717) is 36.4 Å². The average molecular weight is 254 g/mol. The molecule has 1 unspecified atom stereocenters. The van der Waals surface area contributed by atoms with Gasteiger partial charge in [0, 0.05) is 12.5 Å². The minimum Gasteiger partial charge on any atom is -0.393 e. The van der Waals surface area contributed by atoms with Crippen molar-refractivity contribution < 1.29 is 14.4 Å². The second-order valence-electron chi connectivity index (χ2n) is 4.77. The van der Waals surface area contributed by atoms with Crippen LogP contribution in [0.5, 0.6) is 0 Å². The molecule has 0 aromatic carbocycles. The van der Waals surface area contributed by atoms with Crippen molar-refractivity contribution in [2.75, 3.05) is 6.54 Å². The Morgan fingerprint density at radius 1 is 1.50 bits per heavy atom. The molecule has 1 aromatic heterocycles. The third-order valence-corrected chi connectivity index (χ3v) is 2.87. The molecule has 0 saturated heterocycles. The van der Waals surface area contributed by atoms with Crippen molar-refractivity contribution in [2.45, 2.75) is 52.6 Å². The van der Waals surface area contributed by atoms with Crippen LogP contribution >= 0.6 is 0 Å². The molecule has 0 fully saturated rings. The topological polar surface area (TPSA) is 75.4 Å². The number of amides is 1. The number of carbonyl (C=O) groups excluding carboxylic acids is 1. The van der Waals surface area contributed by atoms with Gasteiger partial charge in [0.25, 0.3) is 5.91 Å². The fraction of sp³-hybridized carbons (Fsp3) is 0.692. The average Bonchev–Trinajstić information content (AvgIpc) is 2.70. The lowest BCUT2D eigenvalue weighted by atomic mass is 10.0. The van der Waals surface area contributed by atoms with Gasteiger partial charge in [-0.2, -0.15) is 0 Å². The third kappa shape index (κ3) is 3.57. The minimum absolute atomic E-state index is 0.119. The normalized spacial score (nSPS) is 12.8. The van der Waals surface area contributed by atoms with Gasteiger partial charge in [0.2, 0.25) is 0 Å². The summed E-state index contributed by atoms with van der Waals surface area (Å²) in [5, 5.41) is 16.0. The number of aromatic nitrogens is 1. The predicted octanol–water partition coefficient (Wildman–Crippen LogP) is 2.00. The summed E-state index contributed by atoms with van der Waals surface area (Å²) in [6.45, 7) is 8.03. The van der Waals surface area contributed by atoms with Crippen LogP contribution in [0.4, 0.5) is 0 Å². The maximum absolute atomic E-state index is 12.0. The summed E-state index contributed by atoms with van der Waals surface area (Å²) < 4.78 is 5.17. The number of aliphatic hydroxyl groups is 1. The lowest BCUT2D eigenvalue weighted by Crippen LogP contribution is -2.28. The van der Waals surface area contributed by atoms with Crippen molar-refractivity contribution in [3.05, 3.63) is 17.0 Å². The van der Waals surface area contributed by atoms with Crippen molar-refractivity contribution in [3.8, 4) is 0 Å². The summed E-state index contributed by atoms with van der Waals surface area (Å²) in [5.74, 6) is 0.551. The molecular formula is C13H22N2O3. The van der Waals surface area contributed by atoms with E-state index < -0.39 is 0 Å². The highest BCUT2D eigenvalue weighted by Crippen LogP contribution is 2.21. The summed E-state index contributed by atoms with van der Waals surface area (Å²) >= 11 is 0. The molecule has 0 aliphatic heterocycles. The lowest BCUT2D eigenvalue weighted by Gasteiger charge is -2.09. The van der Waals surface area contributed by atoms with Crippen molar-refractivity contribution in [1.29, 1.82) is 0 Å². The SMILES string of the molecule is CCC(O)CCNC(=O)c1c(C)noc1C(C)C. The van der Waals surface area contributed by atoms with Crippen molar-refractivity contribution in [1.82, 2.24) is 10.5 Å². The first-order valence-electron chi connectivity index (χ1n) is 6.39. The van der Waals surface area contributed by atoms with Gasteiger partial charge in [0.1, 0.15) is 5.56 Å². The van der Waals surface area contributed by atoms with Crippen molar-refractivity contribution in [2.24, 2.45) is 0 Å². The van der Waals surface area contributed by atoms with Gasteiger partial charge in [-0.15, -0.1) is 0 Å². The highest BCUT2D eigenvalue weighted by atomic mass is 16.5. The summed E-state index contributed by atoms with van der Waals surface area (Å²) in [5.41, 5.74) is 1.13. The maximum Gasteiger partial charge on any atom is 0.256 e. The van der Waals surface area contributed by atoms with Gasteiger partial charge in [-0.05, 0) is 19.8 Å². The van der Waals surface area contributed by atoms with Gasteiger partial charge in [-0.25, -0.2) is 0 Å². The Kier molecular flexibility index (Phi) is 5.34. The molecule has 0 bridgehead atoms. The smallest absolute Gasteiger partial charge is 0.256 e. The Balaban J connectivity index is 2.64. The second-order valence-corrected chi connectivity index (χ2v) is 4.77. The van der Waals surface area contributed by atoms with Crippen LogP contribution in [-0.2, 0) is 0 Å². The molecule has 1 atom stereocenters. The predicted molar refractivity (Wildman–Crippen MR) is 68.6 cm³/mol. The molecule has 0 radical (unpaired) electrons. The molecule has 1 aromatic rings. The van der Waals surface area contributed by atoms with Gasteiger partial charge >= 0.3 is 0 Å². The zero-order valence-corrected chi connectivity index (χ0v) is 11.5. The molecule has 5 heteroatoms. The van der Waals surface area contributed by atoms with Crippen LogP contribution in [0.25, 0.3) is 0 Å². The van der Waals surface area contributed by atoms with Gasteiger partial charge in [0.05, 0.1) is 11.8 Å². The highest BCUT2D eigenvalue weighted by molar-refractivity contribution is 5.96. The van der Waals surface area contributed by atoms with E-state index in [2.05, 4.69) is 10.5 Å². The van der Waals surface area contributed by atoms with Crippen LogP contribution in [0.3, 0.4) is 0 Å². The number of hydrogen-bond donors (Lipinski definition) is 2. The van der Waals surface area contributed by atoms with Crippen LogP contribution in [0.1, 0.15) is 61.3 Å². The standard InChI is InChI=1S/C13H22N2O3/c1-5-10(16)6-7-14-13(17)11-9(4)15-18-12(11)8(2)3/h8,10,16H,5-7H2,1-4H3,(H,14,17). The van der Waals surface area contributed by atoms with E-state index in [-0.39, 0.29) is 17.9 Å². The molecule has 1 rings (SSSR count). The summed E-state index contributed by atoms with van der Waals surface area (Å²) in [7, 11) is 0. The fourth-order valence-electron chi connectivity index (χ4n) is 1.70. The molecule has 0 spiro atoms. The molecule has 102 valence electrons. The number of hydrogen-bond acceptors (Lipinski definition) is 4. The van der Waals surface area contributed by atoms with Crippen LogP contribution in [-0.4, -0.2) is 28.8 Å². The van der Waals surface area contributed by atoms with Crippen molar-refractivity contribution in [3.63, 3.8) is 0 Å². The largest absolute Gasteiger partial charge is 0.393 e. The monoisotopic (exact) mass is 254 g/mol. The van der Waals surface area contributed by atoms with E-state index in [9.17, 15) is 9.90 Å². The molecule has 1 amide bonds. The van der Waals surface area contributed by atoms with Crippen LogP contribution in [0.2, 0.25) is 0 Å². The van der Waals surface area contributed by atoms with Crippen LogP contribution < -0.4 is 5.32 Å². The van der Waals surface area contributed by atoms with Gasteiger partial charge in [0.15, 0.2) is 5.76 Å². The number of aliphatic hydroxyl groups excluding tert-OH is 1. The maximum atomic E-state index is 12.0. The zero-order valence-electron chi connectivity index (χ0n) is 11.5. The Labute approximate surface area is 108 Å². The summed E-state index contributed by atoms with van der Waals surface area (Å²) in [6, 6.07) is 0. The molecule has 18 heavy (non-hydrogen) atoms. The first-order valence-corrected chi connectivity index (χ1v) is 6.39. The minimum atomic E-state index is -0.363. The lowest BCUT2D eigenvalue weighted by molar-refractivity contribution is 0.0939. The van der Waals surface area contributed by atoms with E-state index in [1.807, 2.05) is 20.8 Å². The fourth-order valence-corrected chi connectivity index (χ4v) is 1.70. The molecular weight excluding hydrogens is 232 g/mol. The quantitative estimate of drug-likeness (QED) is 0.814. The second kappa shape index (κ2) is 6.54. The number of nitrogens with zero attached hydrogens (tertiary/aromatic N) is 1. The third-order valence-electron chi connectivity index (χ3n) is 2.87. The van der Waals surface area contributed by atoms with Gasteiger partial charge < -0.3 is 14.9 Å². The summed E-state index contributed by atoms with van der Waals surface area (Å²) in [6.07, 6.45) is 0.890. The molecule has 5 nitrogen and oxygen atoms in total. The number of aryl methyl sites for hydroxylation is 1. The van der Waals surface area contributed by atoms with E-state index in [1.54, 1.807) is 6.92 Å². The number of nitrogens with one attached hydrogen (secondary N) is 1. The summed E-state index contributed by atoms with van der Waals surface area (Å²) in [4.78, 5) is 12.0. The molecule has 0 aliphatic carbocycles. The van der Waals surface area contributed by atoms with E-state index in [0.717, 1.165) is 0 Å². The Morgan fingerprint density at radius 3 is 2.72 bits per heavy atom. The Hall–Kier alpha value is -1.36. The van der Waals surface area contributed by atoms with Crippen LogP contribution in [0, 0.1) is 6.92 Å². The highest BCUT2D eigenvalue weighted by Gasteiger charge is 2.22. The van der Waals surface area contributed by atoms with E-state index >= 15 is 0 Å². The Bertz CT molecular complexity index is 399. The van der Waals surface area contributed by atoms with Crippen LogP contribution in [0.15, 0.2) is 4.52 Å².